The Morgan fingerprint density at radius 3 is 2.67 bits per heavy atom. The summed E-state index contributed by atoms with van der Waals surface area (Å²) in [6, 6.07) is 0.567. The molecule has 0 radical (unpaired) electrons. The van der Waals surface area contributed by atoms with Gasteiger partial charge in [0.25, 0.3) is 0 Å². The summed E-state index contributed by atoms with van der Waals surface area (Å²) in [5.74, 6) is -0.210. The monoisotopic (exact) mass is 331 g/mol. The lowest BCUT2D eigenvalue weighted by molar-refractivity contribution is -0.133. The van der Waals surface area contributed by atoms with Crippen LogP contribution in [0.4, 0.5) is 0 Å². The van der Waals surface area contributed by atoms with Gasteiger partial charge < -0.3 is 4.90 Å². The first kappa shape index (κ1) is 16.2. The molecule has 1 amide bonds. The summed E-state index contributed by atoms with van der Waals surface area (Å²) in [4.78, 5) is 17.6. The first-order chi connectivity index (χ1) is 9.92. The van der Waals surface area contributed by atoms with Crippen LogP contribution in [0.1, 0.15) is 26.2 Å². The van der Waals surface area contributed by atoms with E-state index in [2.05, 4.69) is 9.71 Å². The van der Waals surface area contributed by atoms with Crippen molar-refractivity contribution in [3.63, 3.8) is 0 Å². The summed E-state index contributed by atoms with van der Waals surface area (Å²) < 4.78 is 26.9. The Labute approximate surface area is 129 Å². The average molecular weight is 332 g/mol. The van der Waals surface area contributed by atoms with Crippen LogP contribution in [0.25, 0.3) is 0 Å². The van der Waals surface area contributed by atoms with Gasteiger partial charge in [-0.25, -0.2) is 8.42 Å². The SMILES string of the molecule is CC(NS(=O)(=O)c1cnccc1Cl)C(=O)N1CCCCC1. The molecule has 1 saturated heterocycles. The predicted octanol–water partition coefficient (Wildman–Crippen LogP) is 1.41. The van der Waals surface area contributed by atoms with E-state index >= 15 is 0 Å². The first-order valence-electron chi connectivity index (χ1n) is 6.82. The molecule has 1 aliphatic rings. The Morgan fingerprint density at radius 2 is 2.05 bits per heavy atom. The Kier molecular flexibility index (Phi) is 5.18. The molecule has 0 aliphatic carbocycles. The second-order valence-corrected chi connectivity index (χ2v) is 7.12. The Hall–Kier alpha value is -1.18. The highest BCUT2D eigenvalue weighted by molar-refractivity contribution is 7.89. The first-order valence-corrected chi connectivity index (χ1v) is 8.68. The molecule has 116 valence electrons. The van der Waals surface area contributed by atoms with Gasteiger partial charge in [0.1, 0.15) is 4.90 Å². The van der Waals surface area contributed by atoms with Crippen LogP contribution >= 0.6 is 11.6 Å². The van der Waals surface area contributed by atoms with Crippen molar-refractivity contribution in [2.75, 3.05) is 13.1 Å². The van der Waals surface area contributed by atoms with E-state index in [0.717, 1.165) is 19.3 Å². The van der Waals surface area contributed by atoms with Crippen LogP contribution in [0.15, 0.2) is 23.4 Å². The number of likely N-dealkylation sites (tertiary alicyclic amines) is 1. The quantitative estimate of drug-likeness (QED) is 0.904. The molecule has 0 saturated carbocycles. The van der Waals surface area contributed by atoms with Crippen molar-refractivity contribution in [3.05, 3.63) is 23.5 Å². The van der Waals surface area contributed by atoms with Gasteiger partial charge in [-0.3, -0.25) is 9.78 Å². The zero-order valence-electron chi connectivity index (χ0n) is 11.8. The molecule has 21 heavy (non-hydrogen) atoms. The van der Waals surface area contributed by atoms with Crippen LogP contribution in [0.2, 0.25) is 5.02 Å². The van der Waals surface area contributed by atoms with E-state index in [1.165, 1.54) is 18.5 Å². The maximum Gasteiger partial charge on any atom is 0.244 e. The normalized spacial score (nSPS) is 17.5. The lowest BCUT2D eigenvalue weighted by Gasteiger charge is -2.29. The van der Waals surface area contributed by atoms with Crippen molar-refractivity contribution >= 4 is 27.5 Å². The topological polar surface area (TPSA) is 79.4 Å². The lowest BCUT2D eigenvalue weighted by Crippen LogP contribution is -2.48. The number of carbonyl (C=O) groups is 1. The van der Waals surface area contributed by atoms with Crippen LogP contribution in [0, 0.1) is 0 Å². The van der Waals surface area contributed by atoms with Gasteiger partial charge in [-0.05, 0) is 32.3 Å². The predicted molar refractivity (Wildman–Crippen MR) is 79.5 cm³/mol. The molecule has 1 fully saturated rings. The zero-order valence-corrected chi connectivity index (χ0v) is 13.3. The minimum absolute atomic E-state index is 0.0788. The molecule has 1 atom stereocenters. The standard InChI is InChI=1S/C13H18ClN3O3S/c1-10(13(18)17-7-3-2-4-8-17)16-21(19,20)12-9-15-6-5-11(12)14/h5-6,9-10,16H,2-4,7-8H2,1H3. The molecule has 1 unspecified atom stereocenters. The fourth-order valence-electron chi connectivity index (χ4n) is 2.30. The van der Waals surface area contributed by atoms with Gasteiger partial charge in [0.05, 0.1) is 11.1 Å². The number of hydrogen-bond donors (Lipinski definition) is 1. The molecule has 0 spiro atoms. The summed E-state index contributed by atoms with van der Waals surface area (Å²) in [6.07, 6.45) is 5.60. The van der Waals surface area contributed by atoms with Gasteiger partial charge in [0, 0.05) is 25.5 Å². The molecule has 0 aromatic carbocycles. The Bertz CT molecular complexity index is 615. The van der Waals surface area contributed by atoms with Crippen LogP contribution in [-0.2, 0) is 14.8 Å². The minimum atomic E-state index is -3.87. The number of hydrogen-bond acceptors (Lipinski definition) is 4. The van der Waals surface area contributed by atoms with Crippen molar-refractivity contribution < 1.29 is 13.2 Å². The summed E-state index contributed by atoms with van der Waals surface area (Å²) in [7, 11) is -3.87. The van der Waals surface area contributed by atoms with Crippen molar-refractivity contribution in [1.29, 1.82) is 0 Å². The molecule has 2 rings (SSSR count). The molecule has 1 aromatic heterocycles. The molecule has 1 aromatic rings. The van der Waals surface area contributed by atoms with Gasteiger partial charge >= 0.3 is 0 Å². The zero-order chi connectivity index (χ0) is 15.5. The van der Waals surface area contributed by atoms with Crippen LogP contribution in [-0.4, -0.2) is 43.3 Å². The van der Waals surface area contributed by atoms with Gasteiger partial charge in [-0.15, -0.1) is 0 Å². The maximum atomic E-state index is 12.2. The number of pyridine rings is 1. The third-order valence-corrected chi connectivity index (χ3v) is 5.40. The number of nitrogens with one attached hydrogen (secondary N) is 1. The van der Waals surface area contributed by atoms with E-state index in [9.17, 15) is 13.2 Å². The Balaban J connectivity index is 2.09. The molecule has 8 heteroatoms. The van der Waals surface area contributed by atoms with Crippen molar-refractivity contribution in [2.24, 2.45) is 0 Å². The van der Waals surface area contributed by atoms with Crippen LogP contribution in [0.3, 0.4) is 0 Å². The third kappa shape index (κ3) is 3.93. The molecule has 2 heterocycles. The van der Waals surface area contributed by atoms with Crippen LogP contribution in [0.5, 0.6) is 0 Å². The number of piperidine rings is 1. The number of nitrogens with zero attached hydrogens (tertiary/aromatic N) is 2. The number of halogens is 1. The van der Waals surface area contributed by atoms with E-state index in [1.807, 2.05) is 0 Å². The van der Waals surface area contributed by atoms with Crippen molar-refractivity contribution in [3.8, 4) is 0 Å². The van der Waals surface area contributed by atoms with Crippen molar-refractivity contribution in [1.82, 2.24) is 14.6 Å². The van der Waals surface area contributed by atoms with E-state index < -0.39 is 16.1 Å². The summed E-state index contributed by atoms with van der Waals surface area (Å²) in [5, 5.41) is 0.0788. The maximum absolute atomic E-state index is 12.2. The molecule has 1 aliphatic heterocycles. The molecular weight excluding hydrogens is 314 g/mol. The number of amides is 1. The highest BCUT2D eigenvalue weighted by atomic mass is 35.5. The second-order valence-electron chi connectivity index (χ2n) is 5.04. The van der Waals surface area contributed by atoms with Gasteiger partial charge in [0.2, 0.25) is 15.9 Å². The number of carbonyl (C=O) groups excluding carboxylic acids is 1. The van der Waals surface area contributed by atoms with Gasteiger partial charge in [-0.1, -0.05) is 11.6 Å². The summed E-state index contributed by atoms with van der Waals surface area (Å²) in [6.45, 7) is 2.90. The largest absolute Gasteiger partial charge is 0.341 e. The lowest BCUT2D eigenvalue weighted by atomic mass is 10.1. The van der Waals surface area contributed by atoms with E-state index in [1.54, 1.807) is 11.8 Å². The highest BCUT2D eigenvalue weighted by Crippen LogP contribution is 2.19. The molecule has 0 bridgehead atoms. The highest BCUT2D eigenvalue weighted by Gasteiger charge is 2.27. The Morgan fingerprint density at radius 1 is 1.38 bits per heavy atom. The molecular formula is C13H18ClN3O3S. The number of aromatic nitrogens is 1. The van der Waals surface area contributed by atoms with Gasteiger partial charge in [-0.2, -0.15) is 4.72 Å². The van der Waals surface area contributed by atoms with Crippen LogP contribution < -0.4 is 4.72 Å². The smallest absolute Gasteiger partial charge is 0.244 e. The second kappa shape index (κ2) is 6.72. The third-order valence-electron chi connectivity index (χ3n) is 3.39. The van der Waals surface area contributed by atoms with E-state index in [4.69, 9.17) is 11.6 Å². The van der Waals surface area contributed by atoms with E-state index in [0.29, 0.717) is 13.1 Å². The van der Waals surface area contributed by atoms with Crippen molar-refractivity contribution in [2.45, 2.75) is 37.1 Å². The fraction of sp³-hybridized carbons (Fsp3) is 0.538. The molecule has 6 nitrogen and oxygen atoms in total. The summed E-state index contributed by atoms with van der Waals surface area (Å²) in [5.41, 5.74) is 0. The minimum Gasteiger partial charge on any atom is -0.341 e. The summed E-state index contributed by atoms with van der Waals surface area (Å²) >= 11 is 5.87. The molecule has 1 N–H and O–H groups in total. The van der Waals surface area contributed by atoms with Gasteiger partial charge in [0.15, 0.2) is 0 Å². The van der Waals surface area contributed by atoms with E-state index in [-0.39, 0.29) is 15.8 Å². The average Bonchev–Trinajstić information content (AvgIpc) is 2.47. The fourth-order valence-corrected chi connectivity index (χ4v) is 3.92. The number of rotatable bonds is 4. The number of sulfonamides is 1.